The van der Waals surface area contributed by atoms with Crippen molar-refractivity contribution in [3.05, 3.63) is 87.9 Å². The van der Waals surface area contributed by atoms with E-state index in [9.17, 15) is 19.5 Å². The van der Waals surface area contributed by atoms with Gasteiger partial charge in [-0.15, -0.1) is 0 Å². The number of aliphatic hydroxyl groups excluding tert-OH is 1. The number of carbonyl (C=O) groups excluding carboxylic acids is 4. The number of hydrogen-bond acceptors (Lipinski definition) is 8. The molecule has 0 aliphatic carbocycles. The Morgan fingerprint density at radius 3 is 2.43 bits per heavy atom. The van der Waals surface area contributed by atoms with Gasteiger partial charge in [0.25, 0.3) is 5.91 Å². The summed E-state index contributed by atoms with van der Waals surface area (Å²) in [6.45, 7) is 3.72. The molecule has 13 heteroatoms. The number of aliphatic hydroxyl groups is 1. The number of fused-ring (bicyclic) bond motifs is 2. The van der Waals surface area contributed by atoms with E-state index in [4.69, 9.17) is 25.8 Å². The standard InChI is InChI=1S/C38H43BrClN3O8/c1-22(2)18-26(20-44)43-34-36(47)42(25-15-13-24(40)14-16-25)17-9-5-8-12-29(45)41-28(21-49-3)32(23-10-6-4-7-11-23)50-37(48)30-31(35(43)46)38(34)19-27(39)33(30)51-38/h4-7,9-11,13-16,19,22,26,28,30-34,44H,8,12,17-18,20-21H2,1-3H3,(H,41,45)/b9-5-/t26-,28-,30+,31-,32-,33+,34+,38-/m1/s1. The van der Waals surface area contributed by atoms with Gasteiger partial charge in [-0.1, -0.05) is 83.9 Å². The predicted molar refractivity (Wildman–Crippen MR) is 194 cm³/mol. The van der Waals surface area contributed by atoms with Crippen LogP contribution in [0, 0.1) is 17.8 Å². The maximum Gasteiger partial charge on any atom is 0.313 e. The van der Waals surface area contributed by atoms with Crippen molar-refractivity contribution in [1.82, 2.24) is 10.2 Å². The molecular formula is C38H43BrClN3O8. The van der Waals surface area contributed by atoms with Gasteiger partial charge in [0, 0.05) is 35.3 Å². The number of nitrogens with one attached hydrogen (secondary N) is 1. The quantitative estimate of drug-likeness (QED) is 0.291. The molecule has 6 rings (SSSR count). The maximum atomic E-state index is 15.1. The van der Waals surface area contributed by atoms with Gasteiger partial charge in [-0.3, -0.25) is 19.2 Å². The molecule has 2 fully saturated rings. The number of cyclic esters (lactones) is 1. The molecule has 0 unspecified atom stereocenters. The second-order valence-corrected chi connectivity index (χ2v) is 15.2. The molecule has 4 aliphatic heterocycles. The van der Waals surface area contributed by atoms with Crippen molar-refractivity contribution in [2.75, 3.05) is 31.8 Å². The van der Waals surface area contributed by atoms with Gasteiger partial charge in [-0.05, 0) is 54.7 Å². The lowest BCUT2D eigenvalue weighted by Gasteiger charge is -2.39. The molecule has 4 heterocycles. The van der Waals surface area contributed by atoms with Crippen LogP contribution in [0.2, 0.25) is 5.02 Å². The Hall–Kier alpha value is -3.55. The zero-order chi connectivity index (χ0) is 36.4. The van der Waals surface area contributed by atoms with Gasteiger partial charge in [0.1, 0.15) is 29.8 Å². The van der Waals surface area contributed by atoms with Crippen LogP contribution in [0.25, 0.3) is 0 Å². The number of benzene rings is 2. The lowest BCUT2D eigenvalue weighted by Crippen LogP contribution is -2.59. The third-order valence-corrected chi connectivity index (χ3v) is 11.0. The zero-order valence-electron chi connectivity index (χ0n) is 28.7. The van der Waals surface area contributed by atoms with Gasteiger partial charge in [0.05, 0.1) is 31.2 Å². The van der Waals surface area contributed by atoms with Crippen LogP contribution in [0.4, 0.5) is 5.69 Å². The van der Waals surface area contributed by atoms with Crippen molar-refractivity contribution in [2.45, 2.75) is 69.0 Å². The van der Waals surface area contributed by atoms with Crippen molar-refractivity contribution >= 4 is 56.9 Å². The number of nitrogens with zero attached hydrogens (tertiary/aromatic N) is 2. The minimum Gasteiger partial charge on any atom is -0.455 e. The first kappa shape index (κ1) is 37.2. The van der Waals surface area contributed by atoms with E-state index in [-0.39, 0.29) is 31.4 Å². The fourth-order valence-corrected chi connectivity index (χ4v) is 8.78. The summed E-state index contributed by atoms with van der Waals surface area (Å²) in [5.41, 5.74) is -0.389. The van der Waals surface area contributed by atoms with Gasteiger partial charge < -0.3 is 34.4 Å². The van der Waals surface area contributed by atoms with Crippen LogP contribution < -0.4 is 10.2 Å². The number of allylic oxidation sites excluding steroid dienone is 1. The molecule has 1 spiro atoms. The number of ether oxygens (including phenoxy) is 3. The second-order valence-electron chi connectivity index (χ2n) is 13.9. The van der Waals surface area contributed by atoms with Gasteiger partial charge in [-0.2, -0.15) is 0 Å². The van der Waals surface area contributed by atoms with E-state index in [1.165, 1.54) is 12.0 Å². The fourth-order valence-electron chi connectivity index (χ4n) is 7.91. The van der Waals surface area contributed by atoms with Gasteiger partial charge in [0.2, 0.25) is 11.8 Å². The molecule has 4 aliphatic rings. The largest absolute Gasteiger partial charge is 0.455 e. The first-order chi connectivity index (χ1) is 24.5. The average Bonchev–Trinajstić information content (AvgIpc) is 3.70. The Kier molecular flexibility index (Phi) is 11.4. The summed E-state index contributed by atoms with van der Waals surface area (Å²) in [4.78, 5) is 60.8. The van der Waals surface area contributed by atoms with E-state index in [0.29, 0.717) is 33.6 Å². The van der Waals surface area contributed by atoms with Crippen molar-refractivity contribution in [2.24, 2.45) is 17.8 Å². The molecule has 2 aromatic rings. The van der Waals surface area contributed by atoms with Crippen LogP contribution >= 0.6 is 27.5 Å². The van der Waals surface area contributed by atoms with Crippen LogP contribution in [-0.2, 0) is 33.4 Å². The third kappa shape index (κ3) is 7.13. The van der Waals surface area contributed by atoms with Crippen molar-refractivity contribution < 1.29 is 38.5 Å². The normalized spacial score (nSPS) is 31.0. The van der Waals surface area contributed by atoms with E-state index in [1.807, 2.05) is 38.1 Å². The van der Waals surface area contributed by atoms with Crippen molar-refractivity contribution in [3.8, 4) is 0 Å². The number of anilines is 1. The lowest BCUT2D eigenvalue weighted by molar-refractivity contribution is -0.162. The van der Waals surface area contributed by atoms with Crippen LogP contribution in [0.1, 0.15) is 44.8 Å². The van der Waals surface area contributed by atoms with E-state index in [1.54, 1.807) is 53.5 Å². The summed E-state index contributed by atoms with van der Waals surface area (Å²) in [5.74, 6) is -4.10. The summed E-state index contributed by atoms with van der Waals surface area (Å²) in [7, 11) is 1.50. The fraction of sp³-hybridized carbons (Fsp3) is 0.474. The summed E-state index contributed by atoms with van der Waals surface area (Å²) >= 11 is 9.83. The summed E-state index contributed by atoms with van der Waals surface area (Å²) in [5, 5.41) is 14.2. The monoisotopic (exact) mass is 783 g/mol. The molecule has 2 aromatic carbocycles. The molecule has 2 saturated heterocycles. The number of halogens is 2. The molecule has 8 atom stereocenters. The molecule has 0 aromatic heterocycles. The Labute approximate surface area is 311 Å². The smallest absolute Gasteiger partial charge is 0.313 e. The molecule has 2 N–H and O–H groups in total. The Bertz CT molecular complexity index is 1690. The molecule has 51 heavy (non-hydrogen) atoms. The number of carbonyl (C=O) groups is 4. The average molecular weight is 785 g/mol. The number of hydrogen-bond donors (Lipinski definition) is 2. The van der Waals surface area contributed by atoms with Gasteiger partial charge in [-0.25, -0.2) is 0 Å². The topological polar surface area (TPSA) is 135 Å². The van der Waals surface area contributed by atoms with E-state index in [2.05, 4.69) is 21.2 Å². The maximum absolute atomic E-state index is 15.1. The van der Waals surface area contributed by atoms with Gasteiger partial charge in [0.15, 0.2) is 0 Å². The molecule has 5 bridgehead atoms. The SMILES string of the molecule is COC[C@H]1NC(=O)CC/C=C\CN(c2ccc(Cl)cc2)C(=O)[C@@H]2N([C@@H](CO)CC(C)C)C(=O)[C@H]3[C@H](C(=O)O[C@@H]1c1ccccc1)[C@H]1O[C@@]23C=C1Br. The molecule has 3 amide bonds. The highest BCUT2D eigenvalue weighted by atomic mass is 79.9. The van der Waals surface area contributed by atoms with Crippen molar-refractivity contribution in [3.63, 3.8) is 0 Å². The number of esters is 1. The summed E-state index contributed by atoms with van der Waals surface area (Å²) < 4.78 is 19.0. The van der Waals surface area contributed by atoms with E-state index >= 15 is 4.79 Å². The summed E-state index contributed by atoms with van der Waals surface area (Å²) in [6, 6.07) is 13.1. The molecule has 0 radical (unpaired) electrons. The first-order valence-corrected chi connectivity index (χ1v) is 18.4. The number of amides is 3. The van der Waals surface area contributed by atoms with Crippen LogP contribution in [0.15, 0.2) is 77.3 Å². The molecule has 11 nitrogen and oxygen atoms in total. The van der Waals surface area contributed by atoms with E-state index < -0.39 is 72.2 Å². The van der Waals surface area contributed by atoms with Crippen molar-refractivity contribution in [1.29, 1.82) is 0 Å². The number of rotatable bonds is 8. The van der Waals surface area contributed by atoms with Crippen LogP contribution in [0.5, 0.6) is 0 Å². The molecular weight excluding hydrogens is 742 g/mol. The Balaban J connectivity index is 1.51. The Morgan fingerprint density at radius 2 is 1.76 bits per heavy atom. The number of likely N-dealkylation sites (tertiary alicyclic amines) is 1. The highest BCUT2D eigenvalue weighted by Crippen LogP contribution is 2.59. The zero-order valence-corrected chi connectivity index (χ0v) is 31.1. The molecule has 272 valence electrons. The highest BCUT2D eigenvalue weighted by molar-refractivity contribution is 9.11. The van der Waals surface area contributed by atoms with E-state index in [0.717, 1.165) is 0 Å². The lowest BCUT2D eigenvalue weighted by atomic mass is 9.74. The minimum atomic E-state index is -1.55. The highest BCUT2D eigenvalue weighted by Gasteiger charge is 2.75. The number of methoxy groups -OCH3 is 1. The third-order valence-electron chi connectivity index (χ3n) is 10.0. The predicted octanol–water partition coefficient (Wildman–Crippen LogP) is 4.72. The van der Waals surface area contributed by atoms with Crippen LogP contribution in [-0.4, -0.2) is 90.4 Å². The minimum absolute atomic E-state index is 0.0443. The Morgan fingerprint density at radius 1 is 1.04 bits per heavy atom. The first-order valence-electron chi connectivity index (χ1n) is 17.3. The van der Waals surface area contributed by atoms with Gasteiger partial charge >= 0.3 is 5.97 Å². The summed E-state index contributed by atoms with van der Waals surface area (Å²) in [6.07, 6.45) is 4.41. The molecule has 0 saturated carbocycles. The van der Waals surface area contributed by atoms with Crippen LogP contribution in [0.3, 0.4) is 0 Å². The second kappa shape index (κ2) is 15.6.